The topological polar surface area (TPSA) is 44.3 Å². The van der Waals surface area contributed by atoms with Crippen molar-refractivity contribution < 1.29 is 5.11 Å². The van der Waals surface area contributed by atoms with E-state index in [0.717, 1.165) is 25.4 Å². The Balaban J connectivity index is 2.19. The van der Waals surface area contributed by atoms with E-state index in [4.69, 9.17) is 5.11 Å². The van der Waals surface area contributed by atoms with Crippen molar-refractivity contribution in [2.24, 2.45) is 11.8 Å². The highest BCUT2D eigenvalue weighted by Crippen LogP contribution is 2.11. The molecule has 2 unspecified atom stereocenters. The minimum absolute atomic E-state index is 0.290. The quantitative estimate of drug-likeness (QED) is 0.617. The van der Waals surface area contributed by atoms with Crippen molar-refractivity contribution in [3.05, 3.63) is 0 Å². The van der Waals surface area contributed by atoms with Crippen molar-refractivity contribution in [2.75, 3.05) is 26.2 Å². The molecule has 0 spiro atoms. The zero-order valence-electron chi connectivity index (χ0n) is 10.1. The fourth-order valence-electron chi connectivity index (χ4n) is 2.23. The zero-order valence-corrected chi connectivity index (χ0v) is 10.1. The number of nitrogens with one attached hydrogen (secondary N) is 2. The summed E-state index contributed by atoms with van der Waals surface area (Å²) in [5.74, 6) is 1.38. The van der Waals surface area contributed by atoms with Gasteiger partial charge >= 0.3 is 0 Å². The number of aliphatic hydroxyl groups is 1. The molecular formula is C12H26N2O. The number of hydrogen-bond acceptors (Lipinski definition) is 3. The lowest BCUT2D eigenvalue weighted by Crippen LogP contribution is -2.42. The molecule has 2 atom stereocenters. The van der Waals surface area contributed by atoms with Crippen LogP contribution in [0.4, 0.5) is 0 Å². The number of piperidine rings is 1. The van der Waals surface area contributed by atoms with Crippen LogP contribution >= 0.6 is 0 Å². The van der Waals surface area contributed by atoms with Gasteiger partial charge in [-0.3, -0.25) is 0 Å². The maximum absolute atomic E-state index is 8.97. The van der Waals surface area contributed by atoms with E-state index in [-0.39, 0.29) is 0 Å². The van der Waals surface area contributed by atoms with Crippen molar-refractivity contribution in [3.8, 4) is 0 Å². The molecule has 1 rings (SSSR count). The normalized spacial score (nSPS) is 24.4. The Hall–Kier alpha value is -0.120. The molecule has 0 bridgehead atoms. The van der Waals surface area contributed by atoms with Gasteiger partial charge in [0.15, 0.2) is 0 Å². The van der Waals surface area contributed by atoms with Crippen molar-refractivity contribution in [1.29, 1.82) is 0 Å². The van der Waals surface area contributed by atoms with Crippen LogP contribution in [0, 0.1) is 11.8 Å². The molecule has 3 heteroatoms. The summed E-state index contributed by atoms with van der Waals surface area (Å²) in [6.07, 6.45) is 3.51. The first kappa shape index (κ1) is 12.9. The molecular weight excluding hydrogens is 188 g/mol. The fraction of sp³-hybridized carbons (Fsp3) is 1.00. The fourth-order valence-corrected chi connectivity index (χ4v) is 2.23. The van der Waals surface area contributed by atoms with Gasteiger partial charge in [-0.1, -0.05) is 13.8 Å². The maximum Gasteiger partial charge on any atom is 0.0445 e. The Labute approximate surface area is 93.6 Å². The molecule has 90 valence electrons. The molecule has 0 aliphatic carbocycles. The number of rotatable bonds is 6. The van der Waals surface area contributed by atoms with Crippen molar-refractivity contribution in [1.82, 2.24) is 10.6 Å². The summed E-state index contributed by atoms with van der Waals surface area (Å²) in [6.45, 7) is 8.14. The van der Waals surface area contributed by atoms with Gasteiger partial charge in [0.05, 0.1) is 0 Å². The Bertz CT molecular complexity index is 156. The van der Waals surface area contributed by atoms with E-state index in [9.17, 15) is 0 Å². The Kier molecular flexibility index (Phi) is 6.22. The highest BCUT2D eigenvalue weighted by molar-refractivity contribution is 4.76. The van der Waals surface area contributed by atoms with E-state index in [2.05, 4.69) is 24.5 Å². The lowest BCUT2D eigenvalue weighted by atomic mass is 9.97. The monoisotopic (exact) mass is 214 g/mol. The second-order valence-corrected chi connectivity index (χ2v) is 4.98. The Morgan fingerprint density at radius 1 is 1.47 bits per heavy atom. The maximum atomic E-state index is 8.97. The molecule has 0 saturated carbocycles. The van der Waals surface area contributed by atoms with Crippen LogP contribution in [-0.4, -0.2) is 37.4 Å². The molecule has 0 amide bonds. The Morgan fingerprint density at radius 3 is 2.80 bits per heavy atom. The summed E-state index contributed by atoms with van der Waals surface area (Å²) in [4.78, 5) is 0. The molecule has 1 saturated heterocycles. The number of aliphatic hydroxyl groups excluding tert-OH is 1. The molecule has 1 aliphatic heterocycles. The molecule has 0 aromatic heterocycles. The highest BCUT2D eigenvalue weighted by atomic mass is 16.3. The third-order valence-corrected chi connectivity index (χ3v) is 3.31. The van der Waals surface area contributed by atoms with Crippen LogP contribution in [0.3, 0.4) is 0 Å². The van der Waals surface area contributed by atoms with Crippen LogP contribution in [-0.2, 0) is 0 Å². The molecule has 0 aromatic carbocycles. The summed E-state index contributed by atoms with van der Waals surface area (Å²) in [7, 11) is 0. The van der Waals surface area contributed by atoms with E-state index in [0.29, 0.717) is 18.6 Å². The third-order valence-electron chi connectivity index (χ3n) is 3.31. The first-order chi connectivity index (χ1) is 7.24. The van der Waals surface area contributed by atoms with Crippen LogP contribution in [0.5, 0.6) is 0 Å². The van der Waals surface area contributed by atoms with Gasteiger partial charge in [0.1, 0.15) is 0 Å². The molecule has 1 heterocycles. The first-order valence-electron chi connectivity index (χ1n) is 6.29. The molecule has 15 heavy (non-hydrogen) atoms. The average molecular weight is 214 g/mol. The van der Waals surface area contributed by atoms with Gasteiger partial charge in [-0.25, -0.2) is 0 Å². The third kappa shape index (κ3) is 4.96. The smallest absolute Gasteiger partial charge is 0.0445 e. The van der Waals surface area contributed by atoms with Gasteiger partial charge in [-0.05, 0) is 50.7 Å². The average Bonchev–Trinajstić information content (AvgIpc) is 2.25. The Morgan fingerprint density at radius 2 is 2.27 bits per heavy atom. The lowest BCUT2D eigenvalue weighted by molar-refractivity contribution is 0.235. The summed E-state index contributed by atoms with van der Waals surface area (Å²) in [5.41, 5.74) is 0. The summed E-state index contributed by atoms with van der Waals surface area (Å²) in [6, 6.07) is 0.469. The van der Waals surface area contributed by atoms with E-state index in [1.165, 1.54) is 19.4 Å². The second-order valence-electron chi connectivity index (χ2n) is 4.98. The van der Waals surface area contributed by atoms with Crippen molar-refractivity contribution in [2.45, 2.75) is 39.2 Å². The summed E-state index contributed by atoms with van der Waals surface area (Å²) < 4.78 is 0. The highest BCUT2D eigenvalue weighted by Gasteiger charge is 2.16. The van der Waals surface area contributed by atoms with E-state index < -0.39 is 0 Å². The summed E-state index contributed by atoms with van der Waals surface area (Å²) in [5, 5.41) is 16.0. The van der Waals surface area contributed by atoms with Crippen molar-refractivity contribution >= 4 is 0 Å². The molecule has 3 nitrogen and oxygen atoms in total. The van der Waals surface area contributed by atoms with Crippen LogP contribution in [0.25, 0.3) is 0 Å². The predicted octanol–water partition coefficient (Wildman–Crippen LogP) is 0.983. The van der Waals surface area contributed by atoms with Gasteiger partial charge in [0, 0.05) is 12.6 Å². The van der Waals surface area contributed by atoms with Crippen LogP contribution in [0.2, 0.25) is 0 Å². The molecule has 0 aromatic rings. The van der Waals surface area contributed by atoms with Crippen LogP contribution in [0.1, 0.15) is 33.1 Å². The van der Waals surface area contributed by atoms with Gasteiger partial charge in [-0.15, -0.1) is 0 Å². The van der Waals surface area contributed by atoms with Gasteiger partial charge in [-0.2, -0.15) is 0 Å². The minimum Gasteiger partial charge on any atom is -0.396 e. The standard InChI is InChI=1S/C12H26N2O/c1-10(2)12(5-7-15)14-9-11-4-3-6-13-8-11/h10-15H,3-9H2,1-2H3. The summed E-state index contributed by atoms with van der Waals surface area (Å²) >= 11 is 0. The van der Waals surface area contributed by atoms with Crippen molar-refractivity contribution in [3.63, 3.8) is 0 Å². The largest absolute Gasteiger partial charge is 0.396 e. The molecule has 1 fully saturated rings. The number of hydrogen-bond donors (Lipinski definition) is 3. The zero-order chi connectivity index (χ0) is 11.1. The molecule has 0 radical (unpaired) electrons. The van der Waals surface area contributed by atoms with Crippen LogP contribution in [0.15, 0.2) is 0 Å². The van der Waals surface area contributed by atoms with Gasteiger partial charge < -0.3 is 15.7 Å². The van der Waals surface area contributed by atoms with Gasteiger partial charge in [0.25, 0.3) is 0 Å². The van der Waals surface area contributed by atoms with E-state index >= 15 is 0 Å². The molecule has 1 aliphatic rings. The molecule has 3 N–H and O–H groups in total. The lowest BCUT2D eigenvalue weighted by Gasteiger charge is -2.27. The van der Waals surface area contributed by atoms with E-state index in [1.807, 2.05) is 0 Å². The predicted molar refractivity (Wildman–Crippen MR) is 63.9 cm³/mol. The minimum atomic E-state index is 0.290. The van der Waals surface area contributed by atoms with E-state index in [1.54, 1.807) is 0 Å². The van der Waals surface area contributed by atoms with Crippen LogP contribution < -0.4 is 10.6 Å². The van der Waals surface area contributed by atoms with Gasteiger partial charge in [0.2, 0.25) is 0 Å². The second kappa shape index (κ2) is 7.20. The SMILES string of the molecule is CC(C)C(CCO)NCC1CCCNC1. The first-order valence-corrected chi connectivity index (χ1v) is 6.29.